The number of hydrogen-bond donors (Lipinski definition) is 2. The van der Waals surface area contributed by atoms with Gasteiger partial charge < -0.3 is 21.1 Å². The van der Waals surface area contributed by atoms with Crippen LogP contribution in [0.5, 0.6) is 5.75 Å². The van der Waals surface area contributed by atoms with Crippen LogP contribution in [0.3, 0.4) is 0 Å². The predicted molar refractivity (Wildman–Crippen MR) is 121 cm³/mol. The number of anilines is 2. The monoisotopic (exact) mass is 441 g/mol. The van der Waals surface area contributed by atoms with E-state index in [1.165, 1.54) is 31.4 Å². The molecule has 1 atom stereocenters. The summed E-state index contributed by atoms with van der Waals surface area (Å²) in [7, 11) is 1.43. The standard InChI is InChI=1S/C22H25F2N7O/c1-13-11-30(7-8-31(13)16-5-3-14(23)4-6-16)12-19(25)27-21-17-9-15(24)10-18(32-2)20(17)28-22(26)29-21/h3-6,9-10,13H,7-8,11-12H2,1-2H3,(H4,25,26,27,28,29)/t13-/m0/s1. The fourth-order valence-electron chi connectivity index (χ4n) is 4.00. The number of aliphatic imine (C=N–C) groups is 1. The van der Waals surface area contributed by atoms with Crippen molar-refractivity contribution >= 4 is 34.2 Å². The van der Waals surface area contributed by atoms with Crippen molar-refractivity contribution < 1.29 is 13.5 Å². The summed E-state index contributed by atoms with van der Waals surface area (Å²) < 4.78 is 32.5. The van der Waals surface area contributed by atoms with Gasteiger partial charge in [0.05, 0.1) is 19.0 Å². The number of methoxy groups -OCH3 is 1. The van der Waals surface area contributed by atoms with Gasteiger partial charge in [0.15, 0.2) is 5.82 Å². The first kappa shape index (κ1) is 21.7. The number of piperazine rings is 1. The molecule has 1 aromatic heterocycles. The minimum Gasteiger partial charge on any atom is -0.494 e. The first-order valence-corrected chi connectivity index (χ1v) is 10.2. The lowest BCUT2D eigenvalue weighted by molar-refractivity contribution is 0.257. The number of nitrogens with zero attached hydrogens (tertiary/aromatic N) is 5. The number of fused-ring (bicyclic) bond motifs is 1. The van der Waals surface area contributed by atoms with Gasteiger partial charge in [0.2, 0.25) is 5.95 Å². The molecule has 32 heavy (non-hydrogen) atoms. The van der Waals surface area contributed by atoms with Gasteiger partial charge in [-0.25, -0.2) is 18.8 Å². The van der Waals surface area contributed by atoms with Crippen LogP contribution >= 0.6 is 0 Å². The second kappa shape index (κ2) is 8.91. The SMILES string of the molecule is COc1cc(F)cc2c(N=C(N)CN3CCN(c4ccc(F)cc4)[C@@H](C)C3)nc(N)nc12. The topological polar surface area (TPSA) is 106 Å². The molecule has 1 aliphatic rings. The number of aromatic nitrogens is 2. The van der Waals surface area contributed by atoms with E-state index in [0.717, 1.165) is 25.3 Å². The van der Waals surface area contributed by atoms with Crippen LogP contribution in [0.15, 0.2) is 41.4 Å². The van der Waals surface area contributed by atoms with Gasteiger partial charge in [-0.05, 0) is 37.3 Å². The first-order valence-electron chi connectivity index (χ1n) is 10.2. The molecule has 1 fully saturated rings. The molecule has 0 spiro atoms. The Kier molecular flexibility index (Phi) is 6.04. The molecule has 2 aromatic carbocycles. The summed E-state index contributed by atoms with van der Waals surface area (Å²) >= 11 is 0. The summed E-state index contributed by atoms with van der Waals surface area (Å²) in [5, 5.41) is 0.369. The molecule has 1 aliphatic heterocycles. The average Bonchev–Trinajstić information content (AvgIpc) is 2.74. The zero-order valence-corrected chi connectivity index (χ0v) is 17.9. The molecule has 168 valence electrons. The number of hydrogen-bond acceptors (Lipinski definition) is 7. The molecule has 1 saturated heterocycles. The Balaban J connectivity index is 1.52. The lowest BCUT2D eigenvalue weighted by Gasteiger charge is -2.41. The van der Waals surface area contributed by atoms with E-state index in [2.05, 4.69) is 31.7 Å². The third-order valence-corrected chi connectivity index (χ3v) is 5.45. The van der Waals surface area contributed by atoms with E-state index in [-0.39, 0.29) is 29.4 Å². The molecule has 0 amide bonds. The van der Waals surface area contributed by atoms with Crippen LogP contribution < -0.4 is 21.1 Å². The van der Waals surface area contributed by atoms with Crippen LogP contribution in [0.25, 0.3) is 10.9 Å². The maximum Gasteiger partial charge on any atom is 0.222 e. The average molecular weight is 441 g/mol. The number of ether oxygens (including phenoxy) is 1. The summed E-state index contributed by atoms with van der Waals surface area (Å²) in [6, 6.07) is 9.23. The van der Waals surface area contributed by atoms with Crippen molar-refractivity contribution in [3.8, 4) is 5.75 Å². The van der Waals surface area contributed by atoms with Crippen molar-refractivity contribution in [3.05, 3.63) is 48.0 Å². The number of halogens is 2. The molecule has 0 radical (unpaired) electrons. The van der Waals surface area contributed by atoms with Crippen molar-refractivity contribution in [2.24, 2.45) is 10.7 Å². The Morgan fingerprint density at radius 3 is 2.59 bits per heavy atom. The van der Waals surface area contributed by atoms with Crippen LogP contribution in [-0.2, 0) is 0 Å². The lowest BCUT2D eigenvalue weighted by Crippen LogP contribution is -2.53. The second-order valence-corrected chi connectivity index (χ2v) is 7.77. The fourth-order valence-corrected chi connectivity index (χ4v) is 4.00. The van der Waals surface area contributed by atoms with Crippen molar-refractivity contribution in [2.45, 2.75) is 13.0 Å². The van der Waals surface area contributed by atoms with E-state index >= 15 is 0 Å². The number of nitrogen functional groups attached to an aromatic ring is 1. The van der Waals surface area contributed by atoms with Crippen LogP contribution in [0.1, 0.15) is 6.92 Å². The highest BCUT2D eigenvalue weighted by molar-refractivity contribution is 5.96. The van der Waals surface area contributed by atoms with Crippen LogP contribution in [0, 0.1) is 11.6 Å². The van der Waals surface area contributed by atoms with Gasteiger partial charge in [0, 0.05) is 37.4 Å². The van der Waals surface area contributed by atoms with Gasteiger partial charge in [-0.1, -0.05) is 0 Å². The lowest BCUT2D eigenvalue weighted by atomic mass is 10.1. The number of amidine groups is 1. The minimum absolute atomic E-state index is 0.00417. The van der Waals surface area contributed by atoms with Crippen LogP contribution in [0.4, 0.5) is 26.2 Å². The number of benzene rings is 2. The second-order valence-electron chi connectivity index (χ2n) is 7.77. The Bertz CT molecular complexity index is 1150. The Morgan fingerprint density at radius 2 is 1.91 bits per heavy atom. The molecule has 2 heterocycles. The summed E-state index contributed by atoms with van der Waals surface area (Å²) in [5.74, 6) is 0.0177. The van der Waals surface area contributed by atoms with Crippen molar-refractivity contribution in [1.29, 1.82) is 0 Å². The zero-order valence-electron chi connectivity index (χ0n) is 17.9. The Labute approximate surface area is 184 Å². The molecule has 0 unspecified atom stereocenters. The number of nitrogens with two attached hydrogens (primary N) is 2. The first-order chi connectivity index (χ1) is 15.3. The fraction of sp³-hybridized carbons (Fsp3) is 0.318. The molecule has 10 heteroatoms. The maximum absolute atomic E-state index is 14.0. The van der Waals surface area contributed by atoms with Gasteiger partial charge in [-0.15, -0.1) is 0 Å². The van der Waals surface area contributed by atoms with E-state index in [1.807, 2.05) is 0 Å². The normalized spacial score (nSPS) is 17.7. The molecular weight excluding hydrogens is 416 g/mol. The highest BCUT2D eigenvalue weighted by atomic mass is 19.1. The molecule has 4 N–H and O–H groups in total. The molecule has 0 bridgehead atoms. The molecular formula is C22H25F2N7O. The van der Waals surface area contributed by atoms with Gasteiger partial charge in [0.25, 0.3) is 0 Å². The summed E-state index contributed by atoms with van der Waals surface area (Å²) in [6.45, 7) is 4.80. The molecule has 0 saturated carbocycles. The van der Waals surface area contributed by atoms with Crippen molar-refractivity contribution in [1.82, 2.24) is 14.9 Å². The maximum atomic E-state index is 14.0. The van der Waals surface area contributed by atoms with Gasteiger partial charge >= 0.3 is 0 Å². The van der Waals surface area contributed by atoms with Gasteiger partial charge in [0.1, 0.15) is 28.7 Å². The van der Waals surface area contributed by atoms with Crippen molar-refractivity contribution in [3.63, 3.8) is 0 Å². The van der Waals surface area contributed by atoms with E-state index in [1.54, 1.807) is 12.1 Å². The largest absolute Gasteiger partial charge is 0.494 e. The quantitative estimate of drug-likeness (QED) is 0.463. The van der Waals surface area contributed by atoms with E-state index in [4.69, 9.17) is 16.2 Å². The molecule has 4 rings (SSSR count). The van der Waals surface area contributed by atoms with Crippen molar-refractivity contribution in [2.75, 3.05) is 43.9 Å². The molecule has 0 aliphatic carbocycles. The Morgan fingerprint density at radius 1 is 1.16 bits per heavy atom. The minimum atomic E-state index is -0.497. The third-order valence-electron chi connectivity index (χ3n) is 5.45. The van der Waals surface area contributed by atoms with E-state index < -0.39 is 5.82 Å². The van der Waals surface area contributed by atoms with E-state index in [9.17, 15) is 8.78 Å². The van der Waals surface area contributed by atoms with E-state index in [0.29, 0.717) is 23.3 Å². The summed E-state index contributed by atoms with van der Waals surface area (Å²) in [5.41, 5.74) is 13.4. The Hall–Kier alpha value is -3.53. The van der Waals surface area contributed by atoms with Crippen LogP contribution in [0.2, 0.25) is 0 Å². The summed E-state index contributed by atoms with van der Waals surface area (Å²) in [6.07, 6.45) is 0. The number of rotatable bonds is 5. The van der Waals surface area contributed by atoms with Gasteiger partial charge in [-0.2, -0.15) is 4.98 Å². The van der Waals surface area contributed by atoms with Crippen LogP contribution in [-0.4, -0.2) is 60.0 Å². The summed E-state index contributed by atoms with van der Waals surface area (Å²) in [4.78, 5) is 17.1. The molecule has 8 nitrogen and oxygen atoms in total. The highest BCUT2D eigenvalue weighted by Gasteiger charge is 2.24. The predicted octanol–water partition coefficient (Wildman–Crippen LogP) is 2.70. The highest BCUT2D eigenvalue weighted by Crippen LogP contribution is 2.31. The molecule has 3 aromatic rings. The third kappa shape index (κ3) is 4.54. The zero-order chi connectivity index (χ0) is 22.8. The van der Waals surface area contributed by atoms with Gasteiger partial charge in [-0.3, -0.25) is 4.90 Å². The smallest absolute Gasteiger partial charge is 0.222 e.